The molecule has 5 nitrogen and oxygen atoms in total. The van der Waals surface area contributed by atoms with E-state index in [2.05, 4.69) is 4.98 Å². The van der Waals surface area contributed by atoms with Gasteiger partial charge in [-0.25, -0.2) is 4.79 Å². The number of rotatable bonds is 7. The molecule has 132 valence electrons. The number of methoxy groups -OCH3 is 1. The van der Waals surface area contributed by atoms with E-state index in [1.807, 2.05) is 48.5 Å². The number of esters is 1. The Labute approximate surface area is 152 Å². The Kier molecular flexibility index (Phi) is 5.83. The van der Waals surface area contributed by atoms with Crippen LogP contribution < -0.4 is 9.47 Å². The number of hydrogen-bond donors (Lipinski definition) is 0. The van der Waals surface area contributed by atoms with E-state index in [1.54, 1.807) is 37.6 Å². The van der Waals surface area contributed by atoms with Gasteiger partial charge in [0.15, 0.2) is 12.7 Å². The maximum Gasteiger partial charge on any atom is 0.345 e. The van der Waals surface area contributed by atoms with Crippen LogP contribution in [0.3, 0.4) is 0 Å². The maximum atomic E-state index is 12.3. The van der Waals surface area contributed by atoms with E-state index < -0.39 is 12.1 Å². The Morgan fingerprint density at radius 1 is 0.923 bits per heavy atom. The van der Waals surface area contributed by atoms with Crippen LogP contribution in [0.5, 0.6) is 11.5 Å². The summed E-state index contributed by atoms with van der Waals surface area (Å²) < 4.78 is 16.2. The zero-order chi connectivity index (χ0) is 18.2. The van der Waals surface area contributed by atoms with Gasteiger partial charge in [-0.1, -0.05) is 36.4 Å². The third-order valence-electron chi connectivity index (χ3n) is 3.72. The smallest absolute Gasteiger partial charge is 0.345 e. The van der Waals surface area contributed by atoms with Gasteiger partial charge in [0.05, 0.1) is 12.8 Å². The fourth-order valence-corrected chi connectivity index (χ4v) is 2.44. The molecule has 3 aromatic rings. The van der Waals surface area contributed by atoms with Crippen molar-refractivity contribution in [2.75, 3.05) is 13.7 Å². The molecule has 1 heterocycles. The van der Waals surface area contributed by atoms with Crippen LogP contribution in [0.1, 0.15) is 17.4 Å². The topological polar surface area (TPSA) is 57.7 Å². The van der Waals surface area contributed by atoms with E-state index in [0.717, 1.165) is 11.3 Å². The molecule has 5 heteroatoms. The lowest BCUT2D eigenvalue weighted by atomic mass is 10.1. The quantitative estimate of drug-likeness (QED) is 0.607. The van der Waals surface area contributed by atoms with E-state index >= 15 is 0 Å². The van der Waals surface area contributed by atoms with E-state index in [9.17, 15) is 4.79 Å². The summed E-state index contributed by atoms with van der Waals surface area (Å²) in [7, 11) is 1.59. The molecule has 0 spiro atoms. The average Bonchev–Trinajstić information content (AvgIpc) is 2.72. The third-order valence-corrected chi connectivity index (χ3v) is 3.72. The first kappa shape index (κ1) is 17.5. The highest BCUT2D eigenvalue weighted by atomic mass is 16.6. The lowest BCUT2D eigenvalue weighted by Crippen LogP contribution is -2.19. The highest BCUT2D eigenvalue weighted by molar-refractivity contribution is 5.71. The Morgan fingerprint density at radius 3 is 2.27 bits per heavy atom. The minimum Gasteiger partial charge on any atom is -0.497 e. The van der Waals surface area contributed by atoms with Crippen molar-refractivity contribution in [1.29, 1.82) is 0 Å². The van der Waals surface area contributed by atoms with Crippen LogP contribution in [0.2, 0.25) is 0 Å². The summed E-state index contributed by atoms with van der Waals surface area (Å²) in [6.45, 7) is -0.192. The highest BCUT2D eigenvalue weighted by Crippen LogP contribution is 2.24. The minimum atomic E-state index is -0.579. The highest BCUT2D eigenvalue weighted by Gasteiger charge is 2.20. The van der Waals surface area contributed by atoms with Crippen molar-refractivity contribution in [1.82, 2.24) is 4.98 Å². The van der Waals surface area contributed by atoms with Crippen molar-refractivity contribution in [3.63, 3.8) is 0 Å². The van der Waals surface area contributed by atoms with E-state index in [-0.39, 0.29) is 6.61 Å². The molecule has 0 radical (unpaired) electrons. The molecule has 0 aliphatic heterocycles. The molecule has 0 bridgehead atoms. The second-order valence-corrected chi connectivity index (χ2v) is 5.50. The number of benzene rings is 2. The largest absolute Gasteiger partial charge is 0.497 e. The molecule has 0 aliphatic carbocycles. The first-order valence-corrected chi connectivity index (χ1v) is 8.18. The van der Waals surface area contributed by atoms with E-state index in [0.29, 0.717) is 11.4 Å². The van der Waals surface area contributed by atoms with E-state index in [4.69, 9.17) is 14.2 Å². The number of hydrogen-bond acceptors (Lipinski definition) is 5. The van der Waals surface area contributed by atoms with Crippen LogP contribution in [0.15, 0.2) is 79.0 Å². The van der Waals surface area contributed by atoms with Crippen LogP contribution in [0.25, 0.3) is 0 Å². The summed E-state index contributed by atoms with van der Waals surface area (Å²) in [6, 6.07) is 22.0. The van der Waals surface area contributed by atoms with Crippen LogP contribution >= 0.6 is 0 Å². The van der Waals surface area contributed by atoms with Crippen LogP contribution in [-0.2, 0) is 9.53 Å². The molecule has 0 saturated carbocycles. The predicted octanol–water partition coefficient (Wildman–Crippen LogP) is 3.80. The predicted molar refractivity (Wildman–Crippen MR) is 97.1 cm³/mol. The Bertz CT molecular complexity index is 780. The van der Waals surface area contributed by atoms with Gasteiger partial charge >= 0.3 is 5.97 Å². The van der Waals surface area contributed by atoms with Crippen LogP contribution in [-0.4, -0.2) is 24.7 Å². The van der Waals surface area contributed by atoms with Crippen molar-refractivity contribution >= 4 is 5.97 Å². The molecule has 26 heavy (non-hydrogen) atoms. The Hall–Kier alpha value is -3.34. The number of carbonyl (C=O) groups excluding carboxylic acids is 1. The summed E-state index contributed by atoms with van der Waals surface area (Å²) in [6.07, 6.45) is 1.09. The van der Waals surface area contributed by atoms with Crippen molar-refractivity contribution < 1.29 is 19.0 Å². The molecule has 0 saturated heterocycles. The van der Waals surface area contributed by atoms with Crippen molar-refractivity contribution in [2.45, 2.75) is 6.10 Å². The summed E-state index contributed by atoms with van der Waals surface area (Å²) in [4.78, 5) is 16.6. The molecule has 0 amide bonds. The zero-order valence-electron chi connectivity index (χ0n) is 14.4. The molecule has 1 atom stereocenters. The van der Waals surface area contributed by atoms with Gasteiger partial charge in [-0.05, 0) is 42.0 Å². The van der Waals surface area contributed by atoms with Gasteiger partial charge in [0.1, 0.15) is 11.5 Å². The maximum absolute atomic E-state index is 12.3. The fraction of sp³-hybridized carbons (Fsp3) is 0.143. The molecule has 1 aromatic heterocycles. The average molecular weight is 349 g/mol. The second kappa shape index (κ2) is 8.67. The summed E-state index contributed by atoms with van der Waals surface area (Å²) in [5.74, 6) is 0.816. The Morgan fingerprint density at radius 2 is 1.62 bits per heavy atom. The van der Waals surface area contributed by atoms with E-state index in [1.165, 1.54) is 0 Å². The molecule has 3 rings (SSSR count). The van der Waals surface area contributed by atoms with Crippen LogP contribution in [0.4, 0.5) is 0 Å². The lowest BCUT2D eigenvalue weighted by molar-refractivity contribution is -0.150. The number of carbonyl (C=O) groups is 1. The van der Waals surface area contributed by atoms with Gasteiger partial charge < -0.3 is 14.2 Å². The molecule has 1 unspecified atom stereocenters. The second-order valence-electron chi connectivity index (χ2n) is 5.50. The molecular formula is C21H19NO4. The van der Waals surface area contributed by atoms with Gasteiger partial charge in [-0.2, -0.15) is 0 Å². The molecule has 0 fully saturated rings. The SMILES string of the molecule is COc1ccc(OCC(=O)OC(c2ccccc2)c2ccccn2)cc1. The minimum absolute atomic E-state index is 0.192. The summed E-state index contributed by atoms with van der Waals surface area (Å²) in [5, 5.41) is 0. The Balaban J connectivity index is 1.67. The summed E-state index contributed by atoms with van der Waals surface area (Å²) in [5.41, 5.74) is 1.51. The molecule has 0 aliphatic rings. The normalized spacial score (nSPS) is 11.4. The molecular weight excluding hydrogens is 330 g/mol. The standard InChI is InChI=1S/C21H19NO4/c1-24-17-10-12-18(13-11-17)25-15-20(23)26-21(16-7-3-2-4-8-16)19-9-5-6-14-22-19/h2-14,21H,15H2,1H3. The first-order valence-electron chi connectivity index (χ1n) is 8.18. The van der Waals surface area contributed by atoms with Gasteiger partial charge in [0.25, 0.3) is 0 Å². The van der Waals surface area contributed by atoms with Gasteiger partial charge in [0, 0.05) is 6.20 Å². The molecule has 0 N–H and O–H groups in total. The van der Waals surface area contributed by atoms with Crippen molar-refractivity contribution in [2.24, 2.45) is 0 Å². The lowest BCUT2D eigenvalue weighted by Gasteiger charge is -2.18. The zero-order valence-corrected chi connectivity index (χ0v) is 14.4. The molecule has 2 aromatic carbocycles. The van der Waals surface area contributed by atoms with Crippen molar-refractivity contribution in [3.8, 4) is 11.5 Å². The number of ether oxygens (including phenoxy) is 3. The third kappa shape index (κ3) is 4.60. The first-order chi connectivity index (χ1) is 12.8. The number of aromatic nitrogens is 1. The summed E-state index contributed by atoms with van der Waals surface area (Å²) >= 11 is 0. The fourth-order valence-electron chi connectivity index (χ4n) is 2.44. The van der Waals surface area contributed by atoms with Gasteiger partial charge in [-0.15, -0.1) is 0 Å². The van der Waals surface area contributed by atoms with Crippen molar-refractivity contribution in [3.05, 3.63) is 90.3 Å². The van der Waals surface area contributed by atoms with Gasteiger partial charge in [0.2, 0.25) is 0 Å². The number of nitrogens with zero attached hydrogens (tertiary/aromatic N) is 1. The monoisotopic (exact) mass is 349 g/mol. The van der Waals surface area contributed by atoms with Crippen LogP contribution in [0, 0.1) is 0 Å². The number of pyridine rings is 1. The van der Waals surface area contributed by atoms with Gasteiger partial charge in [-0.3, -0.25) is 4.98 Å².